The molecule has 1 unspecified atom stereocenters. The van der Waals surface area contributed by atoms with Crippen molar-refractivity contribution in [2.45, 2.75) is 45.4 Å². The molecule has 2 heterocycles. The molecule has 2 rings (SSSR count). The zero-order valence-corrected chi connectivity index (χ0v) is 12.4. The Labute approximate surface area is 120 Å². The van der Waals surface area contributed by atoms with Gasteiger partial charge in [0.2, 0.25) is 5.91 Å². The topological polar surface area (TPSA) is 69.6 Å². The number of aliphatic carboxylic acids is 1. The maximum atomic E-state index is 12.3. The number of nitrogens with zero attached hydrogens (tertiary/aromatic N) is 1. The summed E-state index contributed by atoms with van der Waals surface area (Å²) in [4.78, 5) is 25.3. The number of carboxylic acids is 1. The molecule has 0 saturated carbocycles. The minimum Gasteiger partial charge on any atom is -0.481 e. The minimum absolute atomic E-state index is 0.135. The number of carbonyl (C=O) groups excluding carboxylic acids is 1. The molecule has 2 aliphatic heterocycles. The summed E-state index contributed by atoms with van der Waals surface area (Å²) in [5.74, 6) is -0.0000828. The molecule has 0 radical (unpaired) electrons. The zero-order valence-electron chi connectivity index (χ0n) is 12.4. The van der Waals surface area contributed by atoms with Gasteiger partial charge in [0, 0.05) is 19.5 Å². The van der Waals surface area contributed by atoms with Gasteiger partial charge in [0.1, 0.15) is 0 Å². The number of carbonyl (C=O) groups is 2. The van der Waals surface area contributed by atoms with Crippen LogP contribution in [0, 0.1) is 11.3 Å². The van der Waals surface area contributed by atoms with E-state index in [-0.39, 0.29) is 5.91 Å². The fourth-order valence-electron chi connectivity index (χ4n) is 3.28. The summed E-state index contributed by atoms with van der Waals surface area (Å²) in [6.07, 6.45) is 5.28. The van der Waals surface area contributed by atoms with Gasteiger partial charge in [0.15, 0.2) is 0 Å². The van der Waals surface area contributed by atoms with Gasteiger partial charge < -0.3 is 15.3 Å². The lowest BCUT2D eigenvalue weighted by atomic mass is 9.82. The van der Waals surface area contributed by atoms with Gasteiger partial charge in [0.25, 0.3) is 0 Å². The number of nitrogens with one attached hydrogen (secondary N) is 1. The lowest BCUT2D eigenvalue weighted by molar-refractivity contribution is -0.153. The average molecular weight is 282 g/mol. The monoisotopic (exact) mass is 282 g/mol. The van der Waals surface area contributed by atoms with E-state index in [4.69, 9.17) is 0 Å². The van der Waals surface area contributed by atoms with Gasteiger partial charge in [-0.2, -0.15) is 0 Å². The molecule has 0 bridgehead atoms. The summed E-state index contributed by atoms with van der Waals surface area (Å²) in [6, 6.07) is 0. The summed E-state index contributed by atoms with van der Waals surface area (Å²) in [7, 11) is 0. The summed E-state index contributed by atoms with van der Waals surface area (Å²) in [5, 5.41) is 12.6. The number of likely N-dealkylation sites (tertiary alicyclic amines) is 1. The van der Waals surface area contributed by atoms with E-state index in [2.05, 4.69) is 5.32 Å². The first-order valence-electron chi connectivity index (χ1n) is 7.73. The van der Waals surface area contributed by atoms with Crippen molar-refractivity contribution in [1.29, 1.82) is 0 Å². The van der Waals surface area contributed by atoms with Gasteiger partial charge in [-0.3, -0.25) is 9.59 Å². The molecule has 0 aliphatic carbocycles. The highest BCUT2D eigenvalue weighted by molar-refractivity contribution is 5.79. The standard InChI is InChI=1S/C15H26N2O3/c1-15(14(19)20)7-2-10-17(11-15)13(18)4-3-12-5-8-16-9-6-12/h12,16H,2-11H2,1H3,(H,19,20). The Morgan fingerprint density at radius 1 is 1.35 bits per heavy atom. The minimum atomic E-state index is -0.784. The first-order chi connectivity index (χ1) is 9.51. The molecular formula is C15H26N2O3. The molecule has 0 spiro atoms. The second kappa shape index (κ2) is 6.57. The first-order valence-corrected chi connectivity index (χ1v) is 7.73. The van der Waals surface area contributed by atoms with E-state index in [0.29, 0.717) is 31.8 Å². The Bertz CT molecular complexity index is 366. The number of piperidine rings is 2. The summed E-state index contributed by atoms with van der Waals surface area (Å²) >= 11 is 0. The number of amides is 1. The molecule has 5 nitrogen and oxygen atoms in total. The van der Waals surface area contributed by atoms with E-state index in [1.165, 1.54) is 0 Å². The van der Waals surface area contributed by atoms with Crippen molar-refractivity contribution in [3.8, 4) is 0 Å². The molecule has 1 atom stereocenters. The van der Waals surface area contributed by atoms with Gasteiger partial charge in [-0.05, 0) is 58.0 Å². The van der Waals surface area contributed by atoms with Crippen molar-refractivity contribution < 1.29 is 14.7 Å². The van der Waals surface area contributed by atoms with Crippen LogP contribution in [-0.4, -0.2) is 48.1 Å². The number of hydrogen-bond acceptors (Lipinski definition) is 3. The second-order valence-electron chi connectivity index (χ2n) is 6.52. The van der Waals surface area contributed by atoms with E-state index >= 15 is 0 Å². The van der Waals surface area contributed by atoms with Crippen molar-refractivity contribution in [2.24, 2.45) is 11.3 Å². The highest BCUT2D eigenvalue weighted by Gasteiger charge is 2.39. The molecule has 2 fully saturated rings. The predicted octanol–water partition coefficient (Wildman–Crippen LogP) is 1.48. The SMILES string of the molecule is CC1(C(=O)O)CCCN(C(=O)CCC2CCNCC2)C1. The van der Waals surface area contributed by atoms with E-state index in [1.807, 2.05) is 0 Å². The van der Waals surface area contributed by atoms with Crippen molar-refractivity contribution in [2.75, 3.05) is 26.2 Å². The second-order valence-corrected chi connectivity index (χ2v) is 6.52. The molecule has 1 amide bonds. The molecule has 0 aromatic rings. The quantitative estimate of drug-likeness (QED) is 0.819. The molecule has 2 N–H and O–H groups in total. The molecule has 0 aromatic carbocycles. The lowest BCUT2D eigenvalue weighted by Crippen LogP contribution is -2.48. The van der Waals surface area contributed by atoms with Crippen molar-refractivity contribution in [3.63, 3.8) is 0 Å². The molecule has 0 aromatic heterocycles. The highest BCUT2D eigenvalue weighted by Crippen LogP contribution is 2.30. The molecule has 5 heteroatoms. The van der Waals surface area contributed by atoms with Crippen LogP contribution in [0.15, 0.2) is 0 Å². The van der Waals surface area contributed by atoms with E-state index in [9.17, 15) is 14.7 Å². The van der Waals surface area contributed by atoms with Crippen molar-refractivity contribution in [1.82, 2.24) is 10.2 Å². The first kappa shape index (κ1) is 15.3. The molecular weight excluding hydrogens is 256 g/mol. The number of hydrogen-bond donors (Lipinski definition) is 2. The summed E-state index contributed by atoms with van der Waals surface area (Å²) < 4.78 is 0. The number of rotatable bonds is 4. The van der Waals surface area contributed by atoms with Crippen LogP contribution in [-0.2, 0) is 9.59 Å². The third-order valence-electron chi connectivity index (χ3n) is 4.79. The Morgan fingerprint density at radius 2 is 2.05 bits per heavy atom. The average Bonchev–Trinajstić information content (AvgIpc) is 2.46. The highest BCUT2D eigenvalue weighted by atomic mass is 16.4. The molecule has 114 valence electrons. The van der Waals surface area contributed by atoms with Gasteiger partial charge in [0.05, 0.1) is 5.41 Å². The van der Waals surface area contributed by atoms with Crippen LogP contribution in [0.1, 0.15) is 45.4 Å². The van der Waals surface area contributed by atoms with Crippen LogP contribution < -0.4 is 5.32 Å². The maximum absolute atomic E-state index is 12.3. The third-order valence-corrected chi connectivity index (χ3v) is 4.79. The van der Waals surface area contributed by atoms with Crippen LogP contribution in [0.4, 0.5) is 0 Å². The molecule has 20 heavy (non-hydrogen) atoms. The largest absolute Gasteiger partial charge is 0.481 e. The summed E-state index contributed by atoms with van der Waals surface area (Å²) in [5.41, 5.74) is -0.761. The third kappa shape index (κ3) is 3.72. The summed E-state index contributed by atoms with van der Waals surface area (Å²) in [6.45, 7) is 4.95. The van der Waals surface area contributed by atoms with Crippen LogP contribution in [0.5, 0.6) is 0 Å². The van der Waals surface area contributed by atoms with Gasteiger partial charge in [-0.1, -0.05) is 0 Å². The van der Waals surface area contributed by atoms with E-state index in [1.54, 1.807) is 11.8 Å². The van der Waals surface area contributed by atoms with Crippen LogP contribution in [0.2, 0.25) is 0 Å². The Morgan fingerprint density at radius 3 is 2.70 bits per heavy atom. The van der Waals surface area contributed by atoms with E-state index in [0.717, 1.165) is 38.8 Å². The molecule has 2 saturated heterocycles. The van der Waals surface area contributed by atoms with Gasteiger partial charge in [-0.25, -0.2) is 0 Å². The smallest absolute Gasteiger partial charge is 0.311 e. The fraction of sp³-hybridized carbons (Fsp3) is 0.867. The Kier molecular flexibility index (Phi) is 5.02. The fourth-order valence-corrected chi connectivity index (χ4v) is 3.28. The van der Waals surface area contributed by atoms with Gasteiger partial charge >= 0.3 is 5.97 Å². The van der Waals surface area contributed by atoms with Crippen molar-refractivity contribution >= 4 is 11.9 Å². The Hall–Kier alpha value is -1.10. The molecule has 2 aliphatic rings. The maximum Gasteiger partial charge on any atom is 0.311 e. The normalized spacial score (nSPS) is 28.4. The van der Waals surface area contributed by atoms with Crippen LogP contribution in [0.25, 0.3) is 0 Å². The van der Waals surface area contributed by atoms with Gasteiger partial charge in [-0.15, -0.1) is 0 Å². The van der Waals surface area contributed by atoms with Crippen LogP contribution >= 0.6 is 0 Å². The van der Waals surface area contributed by atoms with E-state index < -0.39 is 11.4 Å². The zero-order chi connectivity index (χ0) is 14.6. The van der Waals surface area contributed by atoms with Crippen molar-refractivity contribution in [3.05, 3.63) is 0 Å². The lowest BCUT2D eigenvalue weighted by Gasteiger charge is -2.37. The van der Waals surface area contributed by atoms with Crippen LogP contribution in [0.3, 0.4) is 0 Å². The number of carboxylic acid groups (broad SMARTS) is 1. The Balaban J connectivity index is 1.81. The predicted molar refractivity (Wildman–Crippen MR) is 76.4 cm³/mol.